The van der Waals surface area contributed by atoms with Crippen LogP contribution in [0.5, 0.6) is 0 Å². The first-order valence-electron chi connectivity index (χ1n) is 8.48. The third-order valence-electron chi connectivity index (χ3n) is 4.10. The van der Waals surface area contributed by atoms with E-state index in [1.807, 2.05) is 12.1 Å². The molecule has 1 saturated heterocycles. The highest BCUT2D eigenvalue weighted by Gasteiger charge is 2.15. The molecule has 0 atom stereocenters. The molecule has 0 saturated carbocycles. The van der Waals surface area contributed by atoms with Crippen LogP contribution in [0.1, 0.15) is 10.4 Å². The second-order valence-electron chi connectivity index (χ2n) is 6.00. The summed E-state index contributed by atoms with van der Waals surface area (Å²) in [7, 11) is 0. The number of nitrogens with one attached hydrogen (secondary N) is 1. The van der Waals surface area contributed by atoms with Crippen LogP contribution in [0.15, 0.2) is 42.5 Å². The molecule has 0 spiro atoms. The summed E-state index contributed by atoms with van der Waals surface area (Å²) in [5.74, 6) is -1.14. The molecule has 3 N–H and O–H groups in total. The topological polar surface area (TPSA) is 93.9 Å². The van der Waals surface area contributed by atoms with Crippen LogP contribution in [0.4, 0.5) is 17.1 Å². The molecule has 3 rings (SSSR count). The predicted octanol–water partition coefficient (Wildman–Crippen LogP) is 2.55. The van der Waals surface area contributed by atoms with Crippen LogP contribution < -0.4 is 16.0 Å². The molecule has 8 heteroatoms. The first-order chi connectivity index (χ1) is 13.0. The number of nitrogens with zero attached hydrogens (tertiary/aromatic N) is 1. The van der Waals surface area contributed by atoms with E-state index in [0.29, 0.717) is 23.9 Å². The van der Waals surface area contributed by atoms with Crippen molar-refractivity contribution in [3.63, 3.8) is 0 Å². The Balaban J connectivity index is 1.51. The molecule has 2 aromatic rings. The zero-order valence-electron chi connectivity index (χ0n) is 14.6. The number of nitrogens with two attached hydrogens (primary N) is 1. The monoisotopic (exact) mass is 389 g/mol. The summed E-state index contributed by atoms with van der Waals surface area (Å²) >= 11 is 5.85. The van der Waals surface area contributed by atoms with Gasteiger partial charge in [0.15, 0.2) is 6.61 Å². The van der Waals surface area contributed by atoms with Crippen molar-refractivity contribution in [1.29, 1.82) is 0 Å². The van der Waals surface area contributed by atoms with Crippen LogP contribution in [0.25, 0.3) is 0 Å². The zero-order valence-corrected chi connectivity index (χ0v) is 15.4. The summed E-state index contributed by atoms with van der Waals surface area (Å²) in [6, 6.07) is 12.0. The fourth-order valence-electron chi connectivity index (χ4n) is 2.69. The SMILES string of the molecule is Nc1ccc(Cl)cc1C(=O)OCC(=O)Nc1ccc(N2CCOCC2)cc1. The Labute approximate surface area is 162 Å². The first kappa shape index (κ1) is 19.0. The van der Waals surface area contributed by atoms with Gasteiger partial charge < -0.3 is 25.4 Å². The summed E-state index contributed by atoms with van der Waals surface area (Å²) in [5.41, 5.74) is 7.78. The van der Waals surface area contributed by atoms with Crippen LogP contribution in [0, 0.1) is 0 Å². The quantitative estimate of drug-likeness (QED) is 0.603. The van der Waals surface area contributed by atoms with Gasteiger partial charge in [-0.25, -0.2) is 4.79 Å². The van der Waals surface area contributed by atoms with Crippen molar-refractivity contribution in [2.24, 2.45) is 0 Å². The van der Waals surface area contributed by atoms with Crippen LogP contribution in [-0.4, -0.2) is 44.8 Å². The number of amides is 1. The number of morpholine rings is 1. The molecule has 1 aliphatic heterocycles. The van der Waals surface area contributed by atoms with Gasteiger partial charge in [0.25, 0.3) is 5.91 Å². The number of nitrogen functional groups attached to an aromatic ring is 1. The molecule has 0 bridgehead atoms. The van der Waals surface area contributed by atoms with Crippen molar-refractivity contribution in [2.75, 3.05) is 48.9 Å². The van der Waals surface area contributed by atoms with Crippen molar-refractivity contribution < 1.29 is 19.1 Å². The lowest BCUT2D eigenvalue weighted by Gasteiger charge is -2.28. The highest BCUT2D eigenvalue weighted by molar-refractivity contribution is 6.31. The van der Waals surface area contributed by atoms with E-state index in [1.54, 1.807) is 18.2 Å². The maximum atomic E-state index is 12.0. The average molecular weight is 390 g/mol. The Morgan fingerprint density at radius 3 is 2.56 bits per heavy atom. The van der Waals surface area contributed by atoms with E-state index in [9.17, 15) is 9.59 Å². The van der Waals surface area contributed by atoms with Crippen molar-refractivity contribution in [3.05, 3.63) is 53.1 Å². The summed E-state index contributed by atoms with van der Waals surface area (Å²) < 4.78 is 10.3. The molecule has 27 heavy (non-hydrogen) atoms. The largest absolute Gasteiger partial charge is 0.452 e. The van der Waals surface area contributed by atoms with Gasteiger partial charge in [-0.2, -0.15) is 0 Å². The Kier molecular flexibility index (Phi) is 6.16. The summed E-state index contributed by atoms with van der Waals surface area (Å²) in [6.07, 6.45) is 0. The molecule has 142 valence electrons. The Bertz CT molecular complexity index is 820. The smallest absolute Gasteiger partial charge is 0.340 e. The van der Waals surface area contributed by atoms with E-state index in [4.69, 9.17) is 26.8 Å². The highest BCUT2D eigenvalue weighted by atomic mass is 35.5. The van der Waals surface area contributed by atoms with Gasteiger partial charge in [-0.05, 0) is 42.5 Å². The maximum Gasteiger partial charge on any atom is 0.340 e. The number of anilines is 3. The minimum atomic E-state index is -0.701. The molecule has 2 aromatic carbocycles. The average Bonchev–Trinajstić information content (AvgIpc) is 2.69. The first-order valence-corrected chi connectivity index (χ1v) is 8.85. The second-order valence-corrected chi connectivity index (χ2v) is 6.44. The summed E-state index contributed by atoms with van der Waals surface area (Å²) in [6.45, 7) is 2.68. The van der Waals surface area contributed by atoms with E-state index < -0.39 is 18.5 Å². The van der Waals surface area contributed by atoms with Crippen LogP contribution in [0.2, 0.25) is 5.02 Å². The molecule has 1 heterocycles. The van der Waals surface area contributed by atoms with Crippen molar-refractivity contribution >= 4 is 40.5 Å². The fraction of sp³-hybridized carbons (Fsp3) is 0.263. The summed E-state index contributed by atoms with van der Waals surface area (Å²) in [4.78, 5) is 26.3. The molecular weight excluding hydrogens is 370 g/mol. The van der Waals surface area contributed by atoms with E-state index in [2.05, 4.69) is 10.2 Å². The normalized spacial score (nSPS) is 13.9. The number of ether oxygens (including phenoxy) is 2. The number of carbonyl (C=O) groups excluding carboxylic acids is 2. The van der Waals surface area contributed by atoms with Crippen LogP contribution >= 0.6 is 11.6 Å². The number of hydrogen-bond donors (Lipinski definition) is 2. The number of hydrogen-bond acceptors (Lipinski definition) is 6. The second kappa shape index (κ2) is 8.75. The third-order valence-corrected chi connectivity index (χ3v) is 4.33. The minimum Gasteiger partial charge on any atom is -0.452 e. The van der Waals surface area contributed by atoms with Crippen LogP contribution in [-0.2, 0) is 14.3 Å². The Hall–Kier alpha value is -2.77. The van der Waals surface area contributed by atoms with E-state index in [1.165, 1.54) is 12.1 Å². The molecule has 0 unspecified atom stereocenters. The minimum absolute atomic E-state index is 0.130. The number of carbonyl (C=O) groups is 2. The zero-order chi connectivity index (χ0) is 19.2. The molecular formula is C19H20ClN3O4. The molecule has 1 fully saturated rings. The molecule has 1 amide bonds. The van der Waals surface area contributed by atoms with Gasteiger partial charge in [0.2, 0.25) is 0 Å². The Morgan fingerprint density at radius 2 is 1.85 bits per heavy atom. The predicted molar refractivity (Wildman–Crippen MR) is 104 cm³/mol. The van der Waals surface area contributed by atoms with Crippen molar-refractivity contribution in [1.82, 2.24) is 0 Å². The van der Waals surface area contributed by atoms with Crippen molar-refractivity contribution in [2.45, 2.75) is 0 Å². The van der Waals surface area contributed by atoms with Gasteiger partial charge in [0.05, 0.1) is 18.8 Å². The van der Waals surface area contributed by atoms with Gasteiger partial charge >= 0.3 is 5.97 Å². The van der Waals surface area contributed by atoms with Gasteiger partial charge in [0.1, 0.15) is 0 Å². The van der Waals surface area contributed by atoms with E-state index >= 15 is 0 Å². The lowest BCUT2D eigenvalue weighted by molar-refractivity contribution is -0.119. The van der Waals surface area contributed by atoms with Crippen molar-refractivity contribution in [3.8, 4) is 0 Å². The van der Waals surface area contributed by atoms with E-state index in [-0.39, 0.29) is 11.3 Å². The molecule has 1 aliphatic rings. The standard InChI is InChI=1S/C19H20ClN3O4/c20-13-1-6-17(21)16(11-13)19(25)27-12-18(24)22-14-2-4-15(5-3-14)23-7-9-26-10-8-23/h1-6,11H,7-10,12,21H2,(H,22,24). The summed E-state index contributed by atoms with van der Waals surface area (Å²) in [5, 5.41) is 3.05. The number of benzene rings is 2. The Morgan fingerprint density at radius 1 is 1.15 bits per heavy atom. The number of rotatable bonds is 5. The number of halogens is 1. The molecule has 0 radical (unpaired) electrons. The molecule has 7 nitrogen and oxygen atoms in total. The number of esters is 1. The van der Waals surface area contributed by atoms with Gasteiger partial charge in [-0.3, -0.25) is 4.79 Å². The van der Waals surface area contributed by atoms with Gasteiger partial charge in [0, 0.05) is 35.2 Å². The van der Waals surface area contributed by atoms with Crippen LogP contribution in [0.3, 0.4) is 0 Å². The molecule has 0 aliphatic carbocycles. The lowest BCUT2D eigenvalue weighted by Crippen LogP contribution is -2.36. The molecule has 0 aromatic heterocycles. The lowest BCUT2D eigenvalue weighted by atomic mass is 10.2. The maximum absolute atomic E-state index is 12.0. The fourth-order valence-corrected chi connectivity index (χ4v) is 2.86. The van der Waals surface area contributed by atoms with Gasteiger partial charge in [-0.1, -0.05) is 11.6 Å². The van der Waals surface area contributed by atoms with Gasteiger partial charge in [-0.15, -0.1) is 0 Å². The van der Waals surface area contributed by atoms with E-state index in [0.717, 1.165) is 18.8 Å². The third kappa shape index (κ3) is 5.12. The highest BCUT2D eigenvalue weighted by Crippen LogP contribution is 2.20.